The van der Waals surface area contributed by atoms with Crippen LogP contribution in [-0.4, -0.2) is 21.0 Å². The molecule has 0 bridgehead atoms. The third-order valence-electron chi connectivity index (χ3n) is 5.13. The van der Waals surface area contributed by atoms with Gasteiger partial charge in [-0.2, -0.15) is 0 Å². The van der Waals surface area contributed by atoms with Crippen LogP contribution in [0.25, 0.3) is 6.08 Å². The van der Waals surface area contributed by atoms with Gasteiger partial charge in [-0.05, 0) is 81.6 Å². The van der Waals surface area contributed by atoms with E-state index in [9.17, 15) is 19.7 Å². The fraction of sp³-hybridized carbons (Fsp3) is 0.120. The Morgan fingerprint density at radius 3 is 2.35 bits per heavy atom. The van der Waals surface area contributed by atoms with Crippen LogP contribution < -0.4 is 4.74 Å². The number of non-ortho nitro benzene ring substituents is 1. The Bertz CT molecular complexity index is 1290. The third kappa shape index (κ3) is 5.55. The second kappa shape index (κ2) is 10.2. The normalized spacial score (nSPS) is 14.6. The van der Waals surface area contributed by atoms with E-state index in [1.165, 1.54) is 17.0 Å². The van der Waals surface area contributed by atoms with E-state index in [0.717, 1.165) is 34.0 Å². The Balaban J connectivity index is 1.42. The van der Waals surface area contributed by atoms with Crippen LogP contribution in [0.3, 0.4) is 0 Å². The number of nitrogens with zero attached hydrogens (tertiary/aromatic N) is 2. The Hall–Kier alpha value is -3.43. The maximum absolute atomic E-state index is 12.8. The summed E-state index contributed by atoms with van der Waals surface area (Å²) in [6.45, 7) is 2.46. The zero-order valence-electron chi connectivity index (χ0n) is 18.1. The lowest BCUT2D eigenvalue weighted by molar-refractivity contribution is -0.384. The minimum atomic E-state index is -0.447. The van der Waals surface area contributed by atoms with Crippen molar-refractivity contribution in [1.82, 2.24) is 4.90 Å². The van der Waals surface area contributed by atoms with Gasteiger partial charge in [0, 0.05) is 12.1 Å². The number of thioether (sulfide) groups is 1. The molecule has 0 aliphatic carbocycles. The molecule has 2 amide bonds. The highest BCUT2D eigenvalue weighted by atomic mass is 79.9. The molecule has 172 valence electrons. The summed E-state index contributed by atoms with van der Waals surface area (Å²) in [5, 5.41) is 10.5. The predicted molar refractivity (Wildman–Crippen MR) is 134 cm³/mol. The van der Waals surface area contributed by atoms with Gasteiger partial charge >= 0.3 is 0 Å². The molecule has 4 rings (SSSR count). The summed E-state index contributed by atoms with van der Waals surface area (Å²) >= 11 is 4.40. The fourth-order valence-electron chi connectivity index (χ4n) is 3.26. The van der Waals surface area contributed by atoms with E-state index in [2.05, 4.69) is 15.9 Å². The fourth-order valence-corrected chi connectivity index (χ4v) is 4.61. The van der Waals surface area contributed by atoms with E-state index >= 15 is 0 Å². The Labute approximate surface area is 208 Å². The molecule has 1 heterocycles. The van der Waals surface area contributed by atoms with Gasteiger partial charge in [0.15, 0.2) is 0 Å². The lowest BCUT2D eigenvalue weighted by atomic mass is 10.1. The van der Waals surface area contributed by atoms with Gasteiger partial charge in [0.1, 0.15) is 12.4 Å². The van der Waals surface area contributed by atoms with Crippen LogP contribution in [0, 0.1) is 17.0 Å². The summed E-state index contributed by atoms with van der Waals surface area (Å²) in [4.78, 5) is 37.1. The smallest absolute Gasteiger partial charge is 0.293 e. The van der Waals surface area contributed by atoms with E-state index in [1.54, 1.807) is 36.4 Å². The van der Waals surface area contributed by atoms with Crippen molar-refractivity contribution in [3.05, 3.63) is 108 Å². The molecule has 3 aromatic carbocycles. The van der Waals surface area contributed by atoms with Gasteiger partial charge in [-0.1, -0.05) is 35.9 Å². The number of halogens is 1. The maximum Gasteiger partial charge on any atom is 0.293 e. The van der Waals surface area contributed by atoms with Gasteiger partial charge in [0.2, 0.25) is 0 Å². The quantitative estimate of drug-likeness (QED) is 0.194. The van der Waals surface area contributed by atoms with Crippen molar-refractivity contribution in [1.29, 1.82) is 0 Å². The average Bonchev–Trinajstić information content (AvgIpc) is 3.07. The molecule has 34 heavy (non-hydrogen) atoms. The van der Waals surface area contributed by atoms with Crippen LogP contribution in [0.2, 0.25) is 0 Å². The number of amides is 2. The van der Waals surface area contributed by atoms with Crippen LogP contribution in [0.1, 0.15) is 22.3 Å². The molecule has 1 fully saturated rings. The first kappa shape index (κ1) is 23.7. The molecule has 0 N–H and O–H groups in total. The highest BCUT2D eigenvalue weighted by molar-refractivity contribution is 9.10. The van der Waals surface area contributed by atoms with Gasteiger partial charge in [0.05, 0.1) is 20.8 Å². The third-order valence-corrected chi connectivity index (χ3v) is 6.66. The number of imide groups is 1. The zero-order chi connectivity index (χ0) is 24.2. The predicted octanol–water partition coefficient (Wildman–Crippen LogP) is 6.48. The Morgan fingerprint density at radius 1 is 1.03 bits per heavy atom. The van der Waals surface area contributed by atoms with E-state index in [-0.39, 0.29) is 30.0 Å². The van der Waals surface area contributed by atoms with E-state index in [0.29, 0.717) is 15.1 Å². The molecule has 0 atom stereocenters. The highest BCUT2D eigenvalue weighted by Gasteiger charge is 2.35. The summed E-state index contributed by atoms with van der Waals surface area (Å²) in [7, 11) is 0. The van der Waals surface area contributed by atoms with Crippen molar-refractivity contribution in [3.8, 4) is 5.75 Å². The minimum absolute atomic E-state index is 0.0255. The first-order chi connectivity index (χ1) is 16.3. The van der Waals surface area contributed by atoms with E-state index in [1.807, 2.05) is 31.2 Å². The van der Waals surface area contributed by atoms with Gasteiger partial charge < -0.3 is 4.74 Å². The molecule has 0 unspecified atom stereocenters. The number of hydrogen-bond donors (Lipinski definition) is 0. The highest BCUT2D eigenvalue weighted by Crippen LogP contribution is 2.35. The number of rotatable bonds is 7. The molecule has 0 spiro atoms. The number of nitro benzene ring substituents is 1. The van der Waals surface area contributed by atoms with Crippen LogP contribution in [0.15, 0.2) is 76.1 Å². The van der Waals surface area contributed by atoms with Crippen LogP contribution in [0.5, 0.6) is 5.75 Å². The molecule has 1 aliphatic heterocycles. The number of hydrogen-bond acceptors (Lipinski definition) is 6. The lowest BCUT2D eigenvalue weighted by Gasteiger charge is -2.12. The number of benzene rings is 3. The number of ether oxygens (including phenoxy) is 1. The second-order valence-electron chi connectivity index (χ2n) is 7.66. The standard InChI is InChI=1S/C25H19BrN2O5S/c1-16-2-4-17(5-3-16)14-27-24(29)23(34-25(27)30)13-19-8-11-22(21(26)12-19)33-15-18-6-9-20(10-7-18)28(31)32/h2-13H,14-15H2,1H3/b23-13-. The van der Waals surface area contributed by atoms with E-state index in [4.69, 9.17) is 4.74 Å². The molecule has 1 saturated heterocycles. The van der Waals surface area contributed by atoms with Crippen molar-refractivity contribution in [3.63, 3.8) is 0 Å². The molecule has 0 saturated carbocycles. The van der Waals surface area contributed by atoms with Crippen LogP contribution >= 0.6 is 27.7 Å². The SMILES string of the molecule is Cc1ccc(CN2C(=O)S/C(=C\c3ccc(OCc4ccc([N+](=O)[O-])cc4)c(Br)c3)C2=O)cc1. The first-order valence-electron chi connectivity index (χ1n) is 10.3. The monoisotopic (exact) mass is 538 g/mol. The summed E-state index contributed by atoms with van der Waals surface area (Å²) in [5.74, 6) is 0.271. The number of carbonyl (C=O) groups excluding carboxylic acids is 2. The molecule has 0 radical (unpaired) electrons. The molecule has 7 nitrogen and oxygen atoms in total. The van der Waals surface area contributed by atoms with Crippen molar-refractivity contribution in [2.45, 2.75) is 20.1 Å². The zero-order valence-corrected chi connectivity index (χ0v) is 20.5. The van der Waals surface area contributed by atoms with Crippen molar-refractivity contribution < 1.29 is 19.2 Å². The average molecular weight is 539 g/mol. The second-order valence-corrected chi connectivity index (χ2v) is 9.50. The number of nitro groups is 1. The minimum Gasteiger partial charge on any atom is -0.488 e. The lowest BCUT2D eigenvalue weighted by Crippen LogP contribution is -2.27. The van der Waals surface area contributed by atoms with E-state index < -0.39 is 4.92 Å². The van der Waals surface area contributed by atoms with Crippen molar-refractivity contribution in [2.24, 2.45) is 0 Å². The van der Waals surface area contributed by atoms with Gasteiger partial charge in [-0.3, -0.25) is 24.6 Å². The summed E-state index contributed by atoms with van der Waals surface area (Å²) in [5.41, 5.74) is 3.58. The molecular weight excluding hydrogens is 520 g/mol. The van der Waals surface area contributed by atoms with Crippen LogP contribution in [-0.2, 0) is 17.9 Å². The Morgan fingerprint density at radius 2 is 1.71 bits per heavy atom. The first-order valence-corrected chi connectivity index (χ1v) is 11.9. The maximum atomic E-state index is 12.8. The molecule has 1 aliphatic rings. The van der Waals surface area contributed by atoms with Crippen molar-refractivity contribution >= 4 is 50.6 Å². The van der Waals surface area contributed by atoms with Crippen molar-refractivity contribution in [2.75, 3.05) is 0 Å². The summed E-state index contributed by atoms with van der Waals surface area (Å²) in [6, 6.07) is 19.2. The van der Waals surface area contributed by atoms with Gasteiger partial charge in [-0.25, -0.2) is 0 Å². The molecule has 3 aromatic rings. The largest absolute Gasteiger partial charge is 0.488 e. The van der Waals surface area contributed by atoms with Gasteiger partial charge in [-0.15, -0.1) is 0 Å². The molecule has 0 aromatic heterocycles. The molecular formula is C25H19BrN2O5S. The number of aryl methyl sites for hydroxylation is 1. The molecule has 9 heteroatoms. The number of carbonyl (C=O) groups is 2. The summed E-state index contributed by atoms with van der Waals surface area (Å²) in [6.07, 6.45) is 1.69. The Kier molecular flexibility index (Phi) is 7.14. The topological polar surface area (TPSA) is 89.8 Å². The van der Waals surface area contributed by atoms with Crippen LogP contribution in [0.4, 0.5) is 10.5 Å². The summed E-state index contributed by atoms with van der Waals surface area (Å²) < 4.78 is 6.49. The van der Waals surface area contributed by atoms with Gasteiger partial charge in [0.25, 0.3) is 16.8 Å².